The second kappa shape index (κ2) is 3.76. The summed E-state index contributed by atoms with van der Waals surface area (Å²) in [6, 6.07) is 3.87. The van der Waals surface area contributed by atoms with E-state index in [4.69, 9.17) is 0 Å². The van der Waals surface area contributed by atoms with Gasteiger partial charge in [0.15, 0.2) is 0 Å². The van der Waals surface area contributed by atoms with Gasteiger partial charge >= 0.3 is 0 Å². The van der Waals surface area contributed by atoms with Gasteiger partial charge in [-0.1, -0.05) is 0 Å². The molecule has 2 aromatic rings. The Kier molecular flexibility index (Phi) is 2.24. The highest BCUT2D eigenvalue weighted by Crippen LogP contribution is 2.18. The van der Waals surface area contributed by atoms with Crippen molar-refractivity contribution >= 4 is 5.91 Å². The summed E-state index contributed by atoms with van der Waals surface area (Å²) >= 11 is 0. The number of carbonyl (C=O) groups is 1. The zero-order chi connectivity index (χ0) is 11.8. The summed E-state index contributed by atoms with van der Waals surface area (Å²) in [7, 11) is 1.85. The van der Waals surface area contributed by atoms with Gasteiger partial charge in [0.2, 0.25) is 0 Å². The number of rotatable bonds is 2. The van der Waals surface area contributed by atoms with Crippen molar-refractivity contribution in [2.75, 3.05) is 13.1 Å². The van der Waals surface area contributed by atoms with Crippen LogP contribution in [0, 0.1) is 0 Å². The fourth-order valence-corrected chi connectivity index (χ4v) is 2.05. The molecule has 0 atom stereocenters. The van der Waals surface area contributed by atoms with Crippen molar-refractivity contribution in [3.63, 3.8) is 0 Å². The number of amides is 1. The third kappa shape index (κ3) is 1.54. The smallest absolute Gasteiger partial charge is 0.259 e. The van der Waals surface area contributed by atoms with E-state index in [0.29, 0.717) is 5.56 Å². The maximum atomic E-state index is 12.2. The number of hydrogen-bond donors (Lipinski definition) is 0. The van der Waals surface area contributed by atoms with Crippen LogP contribution in [0.1, 0.15) is 16.8 Å². The molecule has 0 bridgehead atoms. The molecule has 2 aromatic heterocycles. The molecule has 0 aliphatic carbocycles. The van der Waals surface area contributed by atoms with Crippen LogP contribution in [-0.2, 0) is 7.05 Å². The molecule has 5 heteroatoms. The maximum absolute atomic E-state index is 12.2. The number of aryl methyl sites for hydroxylation is 1. The van der Waals surface area contributed by atoms with Crippen LogP contribution in [0.4, 0.5) is 0 Å². The number of likely N-dealkylation sites (tertiary alicyclic amines) is 1. The molecule has 17 heavy (non-hydrogen) atoms. The molecule has 1 aliphatic rings. The molecule has 88 valence electrons. The van der Waals surface area contributed by atoms with Gasteiger partial charge in [-0.25, -0.2) is 0 Å². The van der Waals surface area contributed by atoms with Gasteiger partial charge in [0, 0.05) is 32.5 Å². The van der Waals surface area contributed by atoms with Crippen molar-refractivity contribution in [1.29, 1.82) is 0 Å². The van der Waals surface area contributed by atoms with E-state index in [-0.39, 0.29) is 5.91 Å². The Morgan fingerprint density at radius 3 is 2.59 bits per heavy atom. The standard InChI is InChI=1S/C12H14N4O/c1-14-11(15-5-2-3-6-15)10(9-13-14)12(17)16-7-4-8-16/h2-3,5-6,9H,4,7-8H2,1H3. The lowest BCUT2D eigenvalue weighted by atomic mass is 10.2. The average molecular weight is 230 g/mol. The van der Waals surface area contributed by atoms with Crippen LogP contribution < -0.4 is 0 Å². The maximum Gasteiger partial charge on any atom is 0.259 e. The highest BCUT2D eigenvalue weighted by Gasteiger charge is 2.26. The van der Waals surface area contributed by atoms with Crippen molar-refractivity contribution in [2.45, 2.75) is 6.42 Å². The van der Waals surface area contributed by atoms with E-state index in [9.17, 15) is 4.79 Å². The van der Waals surface area contributed by atoms with Crippen LogP contribution in [0.2, 0.25) is 0 Å². The fourth-order valence-electron chi connectivity index (χ4n) is 2.05. The quantitative estimate of drug-likeness (QED) is 0.774. The zero-order valence-corrected chi connectivity index (χ0v) is 9.71. The van der Waals surface area contributed by atoms with Crippen molar-refractivity contribution in [3.8, 4) is 5.82 Å². The number of hydrogen-bond acceptors (Lipinski definition) is 2. The first kappa shape index (κ1) is 10.1. The van der Waals surface area contributed by atoms with E-state index in [1.54, 1.807) is 10.9 Å². The number of aromatic nitrogens is 3. The van der Waals surface area contributed by atoms with E-state index in [2.05, 4.69) is 5.10 Å². The van der Waals surface area contributed by atoms with E-state index >= 15 is 0 Å². The number of carbonyl (C=O) groups excluding carboxylic acids is 1. The molecule has 1 aliphatic heterocycles. The summed E-state index contributed by atoms with van der Waals surface area (Å²) in [6.07, 6.45) is 6.59. The minimum atomic E-state index is 0.0769. The molecular formula is C12H14N4O. The Morgan fingerprint density at radius 2 is 2.00 bits per heavy atom. The summed E-state index contributed by atoms with van der Waals surface area (Å²) in [5, 5.41) is 4.18. The first-order chi connectivity index (χ1) is 8.27. The van der Waals surface area contributed by atoms with Crippen LogP contribution >= 0.6 is 0 Å². The molecule has 3 rings (SSSR count). The van der Waals surface area contributed by atoms with Crippen LogP contribution in [0.15, 0.2) is 30.7 Å². The molecule has 0 N–H and O–H groups in total. The molecule has 0 radical (unpaired) electrons. The topological polar surface area (TPSA) is 43.1 Å². The molecule has 1 saturated heterocycles. The summed E-state index contributed by atoms with van der Waals surface area (Å²) in [4.78, 5) is 14.1. The Morgan fingerprint density at radius 1 is 1.29 bits per heavy atom. The van der Waals surface area contributed by atoms with Crippen LogP contribution in [-0.4, -0.2) is 38.2 Å². The molecule has 3 heterocycles. The molecule has 0 aromatic carbocycles. The Labute approximate surface area is 99.3 Å². The van der Waals surface area contributed by atoms with Crippen LogP contribution in [0.5, 0.6) is 0 Å². The first-order valence-corrected chi connectivity index (χ1v) is 5.72. The molecule has 0 saturated carbocycles. The Bertz CT molecular complexity index is 537. The average Bonchev–Trinajstić information content (AvgIpc) is 2.82. The van der Waals surface area contributed by atoms with E-state index in [0.717, 1.165) is 25.3 Å². The van der Waals surface area contributed by atoms with E-state index < -0.39 is 0 Å². The predicted molar refractivity (Wildman–Crippen MR) is 63.1 cm³/mol. The van der Waals surface area contributed by atoms with Crippen LogP contribution in [0.3, 0.4) is 0 Å². The summed E-state index contributed by atoms with van der Waals surface area (Å²) < 4.78 is 3.65. The fraction of sp³-hybridized carbons (Fsp3) is 0.333. The Balaban J connectivity index is 2.03. The second-order valence-electron chi connectivity index (χ2n) is 4.24. The van der Waals surface area contributed by atoms with Crippen molar-refractivity contribution in [2.24, 2.45) is 7.05 Å². The predicted octanol–water partition coefficient (Wildman–Crippen LogP) is 1.06. The summed E-state index contributed by atoms with van der Waals surface area (Å²) in [6.45, 7) is 1.72. The molecule has 0 unspecified atom stereocenters. The van der Waals surface area contributed by atoms with Gasteiger partial charge in [0.25, 0.3) is 5.91 Å². The molecular weight excluding hydrogens is 216 g/mol. The Hall–Kier alpha value is -2.04. The molecule has 0 spiro atoms. The minimum Gasteiger partial charge on any atom is -0.338 e. The third-order valence-electron chi connectivity index (χ3n) is 3.13. The summed E-state index contributed by atoms with van der Waals surface area (Å²) in [5.74, 6) is 0.903. The van der Waals surface area contributed by atoms with E-state index in [1.807, 2.05) is 41.0 Å². The van der Waals surface area contributed by atoms with Crippen molar-refractivity contribution in [1.82, 2.24) is 19.2 Å². The number of nitrogens with zero attached hydrogens (tertiary/aromatic N) is 4. The first-order valence-electron chi connectivity index (χ1n) is 5.72. The van der Waals surface area contributed by atoms with Gasteiger partial charge < -0.3 is 9.47 Å². The van der Waals surface area contributed by atoms with Gasteiger partial charge in [-0.2, -0.15) is 5.10 Å². The zero-order valence-electron chi connectivity index (χ0n) is 9.71. The van der Waals surface area contributed by atoms with E-state index in [1.165, 1.54) is 0 Å². The van der Waals surface area contributed by atoms with Gasteiger partial charge in [0.05, 0.1) is 6.20 Å². The second-order valence-corrected chi connectivity index (χ2v) is 4.24. The third-order valence-corrected chi connectivity index (χ3v) is 3.13. The monoisotopic (exact) mass is 230 g/mol. The van der Waals surface area contributed by atoms with Gasteiger partial charge in [-0.15, -0.1) is 0 Å². The van der Waals surface area contributed by atoms with Crippen molar-refractivity contribution in [3.05, 3.63) is 36.3 Å². The molecule has 1 fully saturated rings. The lowest BCUT2D eigenvalue weighted by Crippen LogP contribution is -2.42. The van der Waals surface area contributed by atoms with Gasteiger partial charge in [-0.05, 0) is 18.6 Å². The SMILES string of the molecule is Cn1ncc(C(=O)N2CCC2)c1-n1cccc1. The minimum absolute atomic E-state index is 0.0769. The molecule has 1 amide bonds. The van der Waals surface area contributed by atoms with Gasteiger partial charge in [-0.3, -0.25) is 9.48 Å². The molecule has 5 nitrogen and oxygen atoms in total. The highest BCUT2D eigenvalue weighted by molar-refractivity contribution is 5.97. The van der Waals surface area contributed by atoms with Crippen LogP contribution in [0.25, 0.3) is 5.82 Å². The lowest BCUT2D eigenvalue weighted by molar-refractivity contribution is 0.0652. The summed E-state index contributed by atoms with van der Waals surface area (Å²) in [5.41, 5.74) is 0.670. The highest BCUT2D eigenvalue weighted by atomic mass is 16.2. The normalized spacial score (nSPS) is 14.8. The largest absolute Gasteiger partial charge is 0.338 e. The van der Waals surface area contributed by atoms with Gasteiger partial charge in [0.1, 0.15) is 11.4 Å². The van der Waals surface area contributed by atoms with Crippen molar-refractivity contribution < 1.29 is 4.79 Å². The lowest BCUT2D eigenvalue weighted by Gasteiger charge is -2.30.